The number of anilines is 1. The van der Waals surface area contributed by atoms with Gasteiger partial charge in [0, 0.05) is 15.8 Å². The molecule has 0 saturated carbocycles. The second-order valence-corrected chi connectivity index (χ2v) is 6.96. The molecule has 2 aromatic heterocycles. The summed E-state index contributed by atoms with van der Waals surface area (Å²) in [4.78, 5) is 6.77. The van der Waals surface area contributed by atoms with Crippen molar-refractivity contribution in [3.8, 4) is 0 Å². The SMILES string of the molecule is Cc1cc(Cn2c(N)nc3cc(Br)c(F)cc32)sc1C. The molecule has 104 valence electrons. The number of nitrogens with two attached hydrogens (primary N) is 1. The van der Waals surface area contributed by atoms with E-state index in [1.807, 2.05) is 4.57 Å². The predicted octanol–water partition coefficient (Wildman–Crippen LogP) is 4.25. The minimum absolute atomic E-state index is 0.308. The number of aryl methyl sites for hydroxylation is 2. The smallest absolute Gasteiger partial charge is 0.201 e. The van der Waals surface area contributed by atoms with Gasteiger partial charge >= 0.3 is 0 Å². The Hall–Kier alpha value is -1.40. The van der Waals surface area contributed by atoms with Crippen LogP contribution in [0.4, 0.5) is 10.3 Å². The molecule has 0 atom stereocenters. The quantitative estimate of drug-likeness (QED) is 0.748. The predicted molar refractivity (Wildman–Crippen MR) is 84.7 cm³/mol. The molecule has 1 aromatic carbocycles. The van der Waals surface area contributed by atoms with Crippen molar-refractivity contribution < 1.29 is 4.39 Å². The van der Waals surface area contributed by atoms with Crippen LogP contribution in [0.5, 0.6) is 0 Å². The Morgan fingerprint density at radius 2 is 2.10 bits per heavy atom. The Balaban J connectivity index is 2.11. The lowest BCUT2D eigenvalue weighted by Crippen LogP contribution is -2.03. The first-order valence-corrected chi connectivity index (χ1v) is 7.73. The molecule has 0 radical (unpaired) electrons. The molecule has 0 fully saturated rings. The third-order valence-electron chi connectivity index (χ3n) is 3.35. The van der Waals surface area contributed by atoms with E-state index in [4.69, 9.17) is 5.73 Å². The maximum Gasteiger partial charge on any atom is 0.201 e. The van der Waals surface area contributed by atoms with Crippen molar-refractivity contribution >= 4 is 44.2 Å². The highest BCUT2D eigenvalue weighted by molar-refractivity contribution is 9.10. The fourth-order valence-electron chi connectivity index (χ4n) is 2.19. The topological polar surface area (TPSA) is 43.8 Å². The summed E-state index contributed by atoms with van der Waals surface area (Å²) in [5.74, 6) is 0.0957. The molecule has 0 aliphatic carbocycles. The highest BCUT2D eigenvalue weighted by atomic mass is 79.9. The van der Waals surface area contributed by atoms with Crippen molar-refractivity contribution in [1.29, 1.82) is 0 Å². The summed E-state index contributed by atoms with van der Waals surface area (Å²) < 4.78 is 16.0. The monoisotopic (exact) mass is 353 g/mol. The van der Waals surface area contributed by atoms with Gasteiger partial charge in [0.1, 0.15) is 5.82 Å². The van der Waals surface area contributed by atoms with Crippen LogP contribution in [-0.4, -0.2) is 9.55 Å². The van der Waals surface area contributed by atoms with Gasteiger partial charge in [0.25, 0.3) is 0 Å². The number of benzene rings is 1. The minimum Gasteiger partial charge on any atom is -0.369 e. The van der Waals surface area contributed by atoms with Crippen LogP contribution in [0, 0.1) is 19.7 Å². The van der Waals surface area contributed by atoms with Gasteiger partial charge in [0.05, 0.1) is 22.1 Å². The van der Waals surface area contributed by atoms with Crippen LogP contribution >= 0.6 is 27.3 Å². The lowest BCUT2D eigenvalue weighted by atomic mass is 10.3. The number of fused-ring (bicyclic) bond motifs is 1. The maximum atomic E-state index is 13.7. The third-order valence-corrected chi connectivity index (χ3v) is 5.10. The molecule has 0 bridgehead atoms. The Morgan fingerprint density at radius 3 is 2.75 bits per heavy atom. The third kappa shape index (κ3) is 2.23. The second-order valence-electron chi connectivity index (χ2n) is 4.76. The summed E-state index contributed by atoms with van der Waals surface area (Å²) >= 11 is 4.90. The Morgan fingerprint density at radius 1 is 1.35 bits per heavy atom. The van der Waals surface area contributed by atoms with Gasteiger partial charge in [-0.1, -0.05) is 0 Å². The summed E-state index contributed by atoms with van der Waals surface area (Å²) in [5.41, 5.74) is 8.64. The number of halogens is 2. The molecular formula is C14H13BrFN3S. The normalized spacial score (nSPS) is 11.4. The average molecular weight is 354 g/mol. The van der Waals surface area contributed by atoms with Crippen LogP contribution < -0.4 is 5.73 Å². The molecule has 0 unspecified atom stereocenters. The summed E-state index contributed by atoms with van der Waals surface area (Å²) in [5, 5.41) is 0. The summed E-state index contributed by atoms with van der Waals surface area (Å²) in [6.07, 6.45) is 0. The molecular weight excluding hydrogens is 341 g/mol. The first kappa shape index (κ1) is 13.6. The number of thiophene rings is 1. The molecule has 2 heterocycles. The maximum absolute atomic E-state index is 13.7. The molecule has 6 heteroatoms. The van der Waals surface area contributed by atoms with Gasteiger partial charge in [-0.15, -0.1) is 11.3 Å². The highest BCUT2D eigenvalue weighted by Crippen LogP contribution is 2.28. The van der Waals surface area contributed by atoms with Crippen LogP contribution in [0.1, 0.15) is 15.3 Å². The van der Waals surface area contributed by atoms with Gasteiger partial charge in [-0.05, 0) is 47.5 Å². The van der Waals surface area contributed by atoms with Crippen LogP contribution in [0.3, 0.4) is 0 Å². The fourth-order valence-corrected chi connectivity index (χ4v) is 3.56. The van der Waals surface area contributed by atoms with Crippen molar-refractivity contribution in [1.82, 2.24) is 9.55 Å². The molecule has 0 amide bonds. The van der Waals surface area contributed by atoms with Crippen molar-refractivity contribution in [3.63, 3.8) is 0 Å². The van der Waals surface area contributed by atoms with E-state index in [1.54, 1.807) is 17.4 Å². The summed E-state index contributed by atoms with van der Waals surface area (Å²) in [7, 11) is 0. The molecule has 0 aliphatic rings. The zero-order valence-electron chi connectivity index (χ0n) is 11.1. The molecule has 0 aliphatic heterocycles. The molecule has 3 aromatic rings. The lowest BCUT2D eigenvalue weighted by Gasteiger charge is -2.04. The average Bonchev–Trinajstić information content (AvgIpc) is 2.83. The number of aromatic nitrogens is 2. The molecule has 2 N–H and O–H groups in total. The van der Waals surface area contributed by atoms with Gasteiger partial charge in [-0.2, -0.15) is 0 Å². The largest absolute Gasteiger partial charge is 0.369 e. The van der Waals surface area contributed by atoms with Crippen molar-refractivity contribution in [2.24, 2.45) is 0 Å². The van der Waals surface area contributed by atoms with Gasteiger partial charge in [0.2, 0.25) is 5.95 Å². The zero-order chi connectivity index (χ0) is 14.4. The van der Waals surface area contributed by atoms with Gasteiger partial charge < -0.3 is 10.3 Å². The van der Waals surface area contributed by atoms with E-state index in [-0.39, 0.29) is 5.82 Å². The van der Waals surface area contributed by atoms with Crippen molar-refractivity contribution in [2.75, 3.05) is 5.73 Å². The molecule has 20 heavy (non-hydrogen) atoms. The Kier molecular flexibility index (Phi) is 3.30. The van der Waals surface area contributed by atoms with Crippen molar-refractivity contribution in [2.45, 2.75) is 20.4 Å². The number of rotatable bonds is 2. The number of hydrogen-bond donors (Lipinski definition) is 1. The minimum atomic E-state index is -0.308. The Bertz CT molecular complexity index is 787. The first-order valence-electron chi connectivity index (χ1n) is 6.12. The number of nitrogen functional groups attached to an aromatic ring is 1. The van der Waals surface area contributed by atoms with E-state index in [0.29, 0.717) is 28.0 Å². The van der Waals surface area contributed by atoms with Gasteiger partial charge in [-0.25, -0.2) is 9.37 Å². The van der Waals surface area contributed by atoms with Gasteiger partial charge in [-0.3, -0.25) is 0 Å². The number of nitrogens with zero attached hydrogens (tertiary/aromatic N) is 2. The van der Waals surface area contributed by atoms with Crippen LogP contribution in [0.25, 0.3) is 11.0 Å². The van der Waals surface area contributed by atoms with Gasteiger partial charge in [0.15, 0.2) is 0 Å². The van der Waals surface area contributed by atoms with E-state index in [0.717, 1.165) is 0 Å². The van der Waals surface area contributed by atoms with Crippen LogP contribution in [0.2, 0.25) is 0 Å². The second kappa shape index (κ2) is 4.86. The number of imidazole rings is 1. The number of hydrogen-bond acceptors (Lipinski definition) is 3. The molecule has 0 spiro atoms. The fraction of sp³-hybridized carbons (Fsp3) is 0.214. The first-order chi connectivity index (χ1) is 9.45. The van der Waals surface area contributed by atoms with Crippen molar-refractivity contribution in [3.05, 3.63) is 43.8 Å². The summed E-state index contributed by atoms with van der Waals surface area (Å²) in [6, 6.07) is 5.26. The van der Waals surface area contributed by atoms with Crippen LogP contribution in [0.15, 0.2) is 22.7 Å². The molecule has 3 nitrogen and oxygen atoms in total. The molecule has 0 saturated heterocycles. The Labute approximate surface area is 128 Å². The van der Waals surface area contributed by atoms with E-state index < -0.39 is 0 Å². The zero-order valence-corrected chi connectivity index (χ0v) is 13.5. The van der Waals surface area contributed by atoms with E-state index in [9.17, 15) is 4.39 Å². The van der Waals surface area contributed by atoms with E-state index in [2.05, 4.69) is 40.8 Å². The standard InChI is InChI=1S/C14H13BrFN3S/c1-7-3-9(20-8(7)2)6-19-13-5-11(16)10(15)4-12(13)18-14(19)17/h3-5H,6H2,1-2H3,(H2,17,18). The lowest BCUT2D eigenvalue weighted by molar-refractivity contribution is 0.622. The summed E-state index contributed by atoms with van der Waals surface area (Å²) in [6.45, 7) is 4.79. The van der Waals surface area contributed by atoms with E-state index in [1.165, 1.54) is 21.4 Å². The van der Waals surface area contributed by atoms with Crippen LogP contribution in [-0.2, 0) is 6.54 Å². The highest BCUT2D eigenvalue weighted by Gasteiger charge is 2.13. The van der Waals surface area contributed by atoms with E-state index >= 15 is 0 Å². The molecule has 3 rings (SSSR count).